The number of phenols is 1. The van der Waals surface area contributed by atoms with E-state index in [9.17, 15) is 5.11 Å². The molecule has 6 nitrogen and oxygen atoms in total. The number of piperazine rings is 1. The van der Waals surface area contributed by atoms with Gasteiger partial charge in [0.1, 0.15) is 22.2 Å². The Bertz CT molecular complexity index is 1100. The number of rotatable bonds is 4. The van der Waals surface area contributed by atoms with Gasteiger partial charge in [-0.1, -0.05) is 6.42 Å². The van der Waals surface area contributed by atoms with Crippen molar-refractivity contribution in [1.29, 1.82) is 0 Å². The maximum Gasteiger partial charge on any atom is 0.146 e. The van der Waals surface area contributed by atoms with Crippen molar-refractivity contribution >= 4 is 33.1 Å². The topological polar surface area (TPSA) is 55.7 Å². The Morgan fingerprint density at radius 3 is 2.34 bits per heavy atom. The average molecular weight is 450 g/mol. The predicted octanol–water partition coefficient (Wildman–Crippen LogP) is 4.20. The van der Waals surface area contributed by atoms with E-state index in [2.05, 4.69) is 14.7 Å². The summed E-state index contributed by atoms with van der Waals surface area (Å²) in [5.41, 5.74) is 2.70. The van der Waals surface area contributed by atoms with E-state index >= 15 is 0 Å². The quantitative estimate of drug-likeness (QED) is 0.644. The Labute approximate surface area is 193 Å². The summed E-state index contributed by atoms with van der Waals surface area (Å²) >= 11 is 1.91. The van der Waals surface area contributed by atoms with Crippen LogP contribution in [0.4, 0.5) is 11.5 Å². The first-order valence-corrected chi connectivity index (χ1v) is 12.9. The summed E-state index contributed by atoms with van der Waals surface area (Å²) in [5, 5.41) is 10.9. The SMILES string of the molecule is Oc1ccc(N2CCN(c3nc(CN4CCCCC4)nc4sc5c(c34)CCC5)CC2)cc1. The first-order valence-electron chi connectivity index (χ1n) is 12.1. The highest BCUT2D eigenvalue weighted by molar-refractivity contribution is 7.19. The molecule has 0 radical (unpaired) electrons. The number of aryl methyl sites for hydroxylation is 2. The van der Waals surface area contributed by atoms with E-state index in [1.54, 1.807) is 12.1 Å². The number of aromatic hydroxyl groups is 1. The lowest BCUT2D eigenvalue weighted by Crippen LogP contribution is -2.47. The third kappa shape index (κ3) is 3.82. The van der Waals surface area contributed by atoms with Crippen LogP contribution in [0.15, 0.2) is 24.3 Å². The summed E-state index contributed by atoms with van der Waals surface area (Å²) in [6.45, 7) is 7.06. The number of benzene rings is 1. The predicted molar refractivity (Wildman–Crippen MR) is 131 cm³/mol. The molecule has 3 aliphatic rings. The Morgan fingerprint density at radius 2 is 1.56 bits per heavy atom. The van der Waals surface area contributed by atoms with E-state index in [4.69, 9.17) is 9.97 Å². The highest BCUT2D eigenvalue weighted by atomic mass is 32.1. The van der Waals surface area contributed by atoms with Crippen molar-refractivity contribution in [2.24, 2.45) is 0 Å². The van der Waals surface area contributed by atoms with Gasteiger partial charge in [0.05, 0.1) is 11.9 Å². The van der Waals surface area contributed by atoms with Crippen LogP contribution in [0.2, 0.25) is 0 Å². The van der Waals surface area contributed by atoms with Crippen LogP contribution >= 0.6 is 11.3 Å². The number of nitrogens with zero attached hydrogens (tertiary/aromatic N) is 5. The minimum Gasteiger partial charge on any atom is -0.508 e. The molecular weight excluding hydrogens is 418 g/mol. The van der Waals surface area contributed by atoms with Gasteiger partial charge in [0.25, 0.3) is 0 Å². The molecule has 0 amide bonds. The molecule has 2 aliphatic heterocycles. The largest absolute Gasteiger partial charge is 0.508 e. The molecule has 6 rings (SSSR count). The summed E-state index contributed by atoms with van der Waals surface area (Å²) in [6.07, 6.45) is 7.57. The summed E-state index contributed by atoms with van der Waals surface area (Å²) in [6, 6.07) is 7.57. The number of piperidine rings is 1. The molecule has 0 saturated carbocycles. The van der Waals surface area contributed by atoms with Gasteiger partial charge in [-0.25, -0.2) is 9.97 Å². The molecule has 2 saturated heterocycles. The van der Waals surface area contributed by atoms with Crippen molar-refractivity contribution in [3.05, 3.63) is 40.5 Å². The van der Waals surface area contributed by atoms with E-state index < -0.39 is 0 Å². The maximum absolute atomic E-state index is 9.60. The third-order valence-electron chi connectivity index (χ3n) is 7.20. The van der Waals surface area contributed by atoms with Crippen molar-refractivity contribution in [3.8, 4) is 5.75 Å². The van der Waals surface area contributed by atoms with Gasteiger partial charge in [0.2, 0.25) is 0 Å². The van der Waals surface area contributed by atoms with Gasteiger partial charge < -0.3 is 14.9 Å². The number of anilines is 2. The van der Waals surface area contributed by atoms with E-state index in [0.29, 0.717) is 5.75 Å². The third-order valence-corrected chi connectivity index (χ3v) is 8.39. The Hall–Kier alpha value is -2.38. The second-order valence-electron chi connectivity index (χ2n) is 9.33. The smallest absolute Gasteiger partial charge is 0.146 e. The Kier molecular flexibility index (Phi) is 5.39. The van der Waals surface area contributed by atoms with Crippen LogP contribution in [-0.4, -0.2) is 59.2 Å². The molecule has 4 heterocycles. The minimum atomic E-state index is 0.323. The molecule has 1 N–H and O–H groups in total. The number of thiophene rings is 1. The van der Waals surface area contributed by atoms with Crippen molar-refractivity contribution < 1.29 is 5.11 Å². The Morgan fingerprint density at radius 1 is 0.812 bits per heavy atom. The molecule has 1 aromatic carbocycles. The van der Waals surface area contributed by atoms with Gasteiger partial charge in [0, 0.05) is 36.7 Å². The van der Waals surface area contributed by atoms with Crippen molar-refractivity contribution in [2.75, 3.05) is 49.1 Å². The highest BCUT2D eigenvalue weighted by Gasteiger charge is 2.27. The second-order valence-corrected chi connectivity index (χ2v) is 10.4. The van der Waals surface area contributed by atoms with Crippen molar-refractivity contribution in [2.45, 2.75) is 45.1 Å². The van der Waals surface area contributed by atoms with E-state index in [0.717, 1.165) is 38.5 Å². The molecule has 168 valence electrons. The van der Waals surface area contributed by atoms with Crippen LogP contribution in [-0.2, 0) is 19.4 Å². The lowest BCUT2D eigenvalue weighted by molar-refractivity contribution is 0.216. The summed E-state index contributed by atoms with van der Waals surface area (Å²) < 4.78 is 0. The number of aromatic nitrogens is 2. The summed E-state index contributed by atoms with van der Waals surface area (Å²) in [5.74, 6) is 2.49. The van der Waals surface area contributed by atoms with Crippen LogP contribution in [0.25, 0.3) is 10.2 Å². The van der Waals surface area contributed by atoms with Crippen molar-refractivity contribution in [3.63, 3.8) is 0 Å². The number of fused-ring (bicyclic) bond motifs is 3. The normalized spacial score (nSPS) is 19.6. The molecule has 3 aromatic rings. The molecule has 0 bridgehead atoms. The van der Waals surface area contributed by atoms with Crippen LogP contribution < -0.4 is 9.80 Å². The van der Waals surface area contributed by atoms with Gasteiger partial charge >= 0.3 is 0 Å². The fraction of sp³-hybridized carbons (Fsp3) is 0.520. The summed E-state index contributed by atoms with van der Waals surface area (Å²) in [4.78, 5) is 20.4. The average Bonchev–Trinajstić information content (AvgIpc) is 3.41. The first kappa shape index (κ1) is 20.2. The molecule has 7 heteroatoms. The van der Waals surface area contributed by atoms with Gasteiger partial charge in [-0.15, -0.1) is 11.3 Å². The van der Waals surface area contributed by atoms with Gasteiger partial charge in [0.15, 0.2) is 0 Å². The van der Waals surface area contributed by atoms with Crippen molar-refractivity contribution in [1.82, 2.24) is 14.9 Å². The van der Waals surface area contributed by atoms with E-state index in [1.807, 2.05) is 23.5 Å². The van der Waals surface area contributed by atoms with E-state index in [-0.39, 0.29) is 0 Å². The van der Waals surface area contributed by atoms with Crippen LogP contribution in [0.1, 0.15) is 41.9 Å². The molecule has 0 spiro atoms. The molecular formula is C25H31N5OS. The first-order chi connectivity index (χ1) is 15.7. The molecule has 1 aliphatic carbocycles. The lowest BCUT2D eigenvalue weighted by Gasteiger charge is -2.37. The number of likely N-dealkylation sites (tertiary alicyclic amines) is 1. The summed E-state index contributed by atoms with van der Waals surface area (Å²) in [7, 11) is 0. The number of hydrogen-bond donors (Lipinski definition) is 1. The monoisotopic (exact) mass is 449 g/mol. The highest BCUT2D eigenvalue weighted by Crippen LogP contribution is 2.41. The minimum absolute atomic E-state index is 0.323. The van der Waals surface area contributed by atoms with Crippen LogP contribution in [0, 0.1) is 0 Å². The van der Waals surface area contributed by atoms with E-state index in [1.165, 1.54) is 83.8 Å². The molecule has 0 atom stereocenters. The number of phenolic OH excluding ortho intramolecular Hbond substituents is 1. The molecule has 32 heavy (non-hydrogen) atoms. The maximum atomic E-state index is 9.60. The van der Waals surface area contributed by atoms with Crippen LogP contribution in [0.3, 0.4) is 0 Å². The van der Waals surface area contributed by atoms with Gasteiger partial charge in [-0.2, -0.15) is 0 Å². The number of hydrogen-bond acceptors (Lipinski definition) is 7. The standard InChI is InChI=1S/C25H31N5OS/c31-19-9-7-18(8-10-19)29-13-15-30(16-14-29)24-23-20-5-4-6-21(20)32-25(23)27-22(26-24)17-28-11-2-1-3-12-28/h7-10,31H,1-6,11-17H2. The molecule has 0 unspecified atom stereocenters. The molecule has 2 fully saturated rings. The lowest BCUT2D eigenvalue weighted by atomic mass is 10.1. The zero-order chi connectivity index (χ0) is 21.5. The Balaban J connectivity index is 1.29. The van der Waals surface area contributed by atoms with Gasteiger partial charge in [-0.05, 0) is 75.0 Å². The van der Waals surface area contributed by atoms with Gasteiger partial charge in [-0.3, -0.25) is 4.90 Å². The van der Waals surface area contributed by atoms with Crippen LogP contribution in [0.5, 0.6) is 5.75 Å². The zero-order valence-corrected chi connectivity index (χ0v) is 19.4. The second kappa shape index (κ2) is 8.52. The fourth-order valence-electron chi connectivity index (χ4n) is 5.48. The molecule has 2 aromatic heterocycles. The zero-order valence-electron chi connectivity index (χ0n) is 18.6. The fourth-order valence-corrected chi connectivity index (χ4v) is 6.75.